The van der Waals surface area contributed by atoms with E-state index in [1.54, 1.807) is 7.11 Å². The van der Waals surface area contributed by atoms with Gasteiger partial charge in [0, 0.05) is 23.6 Å². The fourth-order valence-electron chi connectivity index (χ4n) is 3.18. The van der Waals surface area contributed by atoms with Gasteiger partial charge >= 0.3 is 0 Å². The maximum Gasteiger partial charge on any atom is 0.119 e. The van der Waals surface area contributed by atoms with Crippen molar-refractivity contribution >= 4 is 15.9 Å². The second-order valence-electron chi connectivity index (χ2n) is 5.73. The third kappa shape index (κ3) is 3.74. The van der Waals surface area contributed by atoms with Gasteiger partial charge in [-0.1, -0.05) is 28.8 Å². The molecular weight excluding hydrogens is 316 g/mol. The van der Waals surface area contributed by atoms with E-state index in [0.717, 1.165) is 22.7 Å². The zero-order valence-corrected chi connectivity index (χ0v) is 14.0. The summed E-state index contributed by atoms with van der Waals surface area (Å²) < 4.78 is 6.44. The van der Waals surface area contributed by atoms with Gasteiger partial charge in [0.15, 0.2) is 0 Å². The first-order chi connectivity index (χ1) is 9.65. The van der Waals surface area contributed by atoms with Crippen LogP contribution in [-0.2, 0) is 0 Å². The molecule has 0 amide bonds. The molecule has 112 valence electrons. The number of nitrogens with zero attached hydrogens (tertiary/aromatic N) is 1. The molecule has 1 unspecified atom stereocenters. The molecule has 1 aromatic carbocycles. The largest absolute Gasteiger partial charge is 0.497 e. The Balaban J connectivity index is 2.13. The van der Waals surface area contributed by atoms with Crippen LogP contribution in [0.4, 0.5) is 0 Å². The second kappa shape index (κ2) is 7.43. The van der Waals surface area contributed by atoms with Crippen molar-refractivity contribution in [2.24, 2.45) is 11.7 Å². The predicted molar refractivity (Wildman–Crippen MR) is 87.1 cm³/mol. The highest BCUT2D eigenvalue weighted by molar-refractivity contribution is 9.10. The first-order valence-corrected chi connectivity index (χ1v) is 8.18. The quantitative estimate of drug-likeness (QED) is 0.860. The molecule has 1 saturated carbocycles. The minimum absolute atomic E-state index is 0.236. The fraction of sp³-hybridized carbons (Fsp3) is 0.625. The van der Waals surface area contributed by atoms with Crippen LogP contribution in [0.5, 0.6) is 5.75 Å². The number of benzene rings is 1. The van der Waals surface area contributed by atoms with Crippen LogP contribution in [0.25, 0.3) is 0 Å². The monoisotopic (exact) mass is 340 g/mol. The summed E-state index contributed by atoms with van der Waals surface area (Å²) in [6, 6.07) is 6.34. The van der Waals surface area contributed by atoms with Gasteiger partial charge in [0.1, 0.15) is 5.75 Å². The molecule has 3 nitrogen and oxygen atoms in total. The van der Waals surface area contributed by atoms with Gasteiger partial charge in [-0.3, -0.25) is 4.90 Å². The number of hydrogen-bond acceptors (Lipinski definition) is 3. The standard InChI is InChI=1S/C16H25BrN2O/c1-19(11-12-5-3-4-6-12)16(10-18)14-9-13(20-2)7-8-15(14)17/h7-9,12,16H,3-6,10-11,18H2,1-2H3. The molecule has 0 aromatic heterocycles. The molecule has 1 aromatic rings. The van der Waals surface area contributed by atoms with E-state index in [-0.39, 0.29) is 6.04 Å². The Hall–Kier alpha value is -0.580. The molecule has 2 rings (SSSR count). The zero-order valence-electron chi connectivity index (χ0n) is 12.4. The van der Waals surface area contributed by atoms with Crippen molar-refractivity contribution in [2.75, 3.05) is 27.2 Å². The summed E-state index contributed by atoms with van der Waals surface area (Å²) >= 11 is 3.64. The van der Waals surface area contributed by atoms with Crippen molar-refractivity contribution in [3.05, 3.63) is 28.2 Å². The van der Waals surface area contributed by atoms with E-state index >= 15 is 0 Å². The lowest BCUT2D eigenvalue weighted by molar-refractivity contribution is 0.211. The molecule has 1 fully saturated rings. The summed E-state index contributed by atoms with van der Waals surface area (Å²) in [6.45, 7) is 1.75. The van der Waals surface area contributed by atoms with E-state index in [1.807, 2.05) is 12.1 Å². The Morgan fingerprint density at radius 2 is 2.10 bits per heavy atom. The number of ether oxygens (including phenoxy) is 1. The van der Waals surface area contributed by atoms with Crippen molar-refractivity contribution in [1.82, 2.24) is 4.90 Å². The van der Waals surface area contributed by atoms with Crippen LogP contribution >= 0.6 is 15.9 Å². The molecule has 0 saturated heterocycles. The van der Waals surface area contributed by atoms with Crippen LogP contribution in [0.3, 0.4) is 0 Å². The smallest absolute Gasteiger partial charge is 0.119 e. The molecule has 0 radical (unpaired) electrons. The Labute approximate surface area is 130 Å². The van der Waals surface area contributed by atoms with E-state index in [4.69, 9.17) is 10.5 Å². The van der Waals surface area contributed by atoms with Gasteiger partial charge in [0.2, 0.25) is 0 Å². The normalized spacial score (nSPS) is 17.6. The second-order valence-corrected chi connectivity index (χ2v) is 6.58. The fourth-order valence-corrected chi connectivity index (χ4v) is 3.69. The predicted octanol–water partition coefficient (Wildman–Crippen LogP) is 3.58. The van der Waals surface area contributed by atoms with E-state index < -0.39 is 0 Å². The molecule has 0 aliphatic heterocycles. The molecule has 0 heterocycles. The highest BCUT2D eigenvalue weighted by Gasteiger charge is 2.23. The van der Waals surface area contributed by atoms with E-state index in [2.05, 4.69) is 33.9 Å². The van der Waals surface area contributed by atoms with Gasteiger partial charge in [-0.25, -0.2) is 0 Å². The van der Waals surface area contributed by atoms with E-state index in [9.17, 15) is 0 Å². The summed E-state index contributed by atoms with van der Waals surface area (Å²) in [5, 5.41) is 0. The molecule has 1 aliphatic carbocycles. The maximum atomic E-state index is 6.04. The Morgan fingerprint density at radius 1 is 1.40 bits per heavy atom. The van der Waals surface area contributed by atoms with E-state index in [1.165, 1.54) is 31.2 Å². The Kier molecular flexibility index (Phi) is 5.87. The van der Waals surface area contributed by atoms with Gasteiger partial charge in [0.25, 0.3) is 0 Å². The minimum Gasteiger partial charge on any atom is -0.497 e. The average Bonchev–Trinajstić information content (AvgIpc) is 2.94. The third-order valence-corrected chi connectivity index (χ3v) is 5.06. The highest BCUT2D eigenvalue weighted by atomic mass is 79.9. The van der Waals surface area contributed by atoms with Crippen LogP contribution in [0, 0.1) is 5.92 Å². The van der Waals surface area contributed by atoms with Crippen molar-refractivity contribution in [3.8, 4) is 5.75 Å². The number of nitrogens with two attached hydrogens (primary N) is 1. The molecule has 0 bridgehead atoms. The van der Waals surface area contributed by atoms with Crippen molar-refractivity contribution in [3.63, 3.8) is 0 Å². The van der Waals surface area contributed by atoms with Gasteiger partial charge < -0.3 is 10.5 Å². The first-order valence-electron chi connectivity index (χ1n) is 7.39. The highest BCUT2D eigenvalue weighted by Crippen LogP contribution is 2.32. The van der Waals surface area contributed by atoms with Crippen LogP contribution < -0.4 is 10.5 Å². The lowest BCUT2D eigenvalue weighted by atomic mass is 10.0. The molecule has 0 spiro atoms. The SMILES string of the molecule is COc1ccc(Br)c(C(CN)N(C)CC2CCCC2)c1. The summed E-state index contributed by atoms with van der Waals surface area (Å²) in [6.07, 6.45) is 5.49. The van der Waals surface area contributed by atoms with Crippen LogP contribution in [0.1, 0.15) is 37.3 Å². The number of hydrogen-bond donors (Lipinski definition) is 1. The molecule has 1 aliphatic rings. The Bertz CT molecular complexity index is 432. The van der Waals surface area contributed by atoms with Gasteiger partial charge in [0.05, 0.1) is 7.11 Å². The van der Waals surface area contributed by atoms with Crippen molar-refractivity contribution in [2.45, 2.75) is 31.7 Å². The van der Waals surface area contributed by atoms with Crippen LogP contribution in [0.15, 0.2) is 22.7 Å². The number of halogens is 1. The molecule has 2 N–H and O–H groups in total. The minimum atomic E-state index is 0.236. The summed E-state index contributed by atoms with van der Waals surface area (Å²) in [5.74, 6) is 1.72. The summed E-state index contributed by atoms with van der Waals surface area (Å²) in [4.78, 5) is 2.40. The first kappa shape index (κ1) is 15.8. The van der Waals surface area contributed by atoms with E-state index in [0.29, 0.717) is 6.54 Å². The van der Waals surface area contributed by atoms with Gasteiger partial charge in [-0.05, 0) is 49.6 Å². The van der Waals surface area contributed by atoms with Gasteiger partial charge in [-0.15, -0.1) is 0 Å². The summed E-state index contributed by atoms with van der Waals surface area (Å²) in [7, 11) is 3.88. The third-order valence-electron chi connectivity index (χ3n) is 4.34. The zero-order chi connectivity index (χ0) is 14.5. The van der Waals surface area contributed by atoms with Crippen molar-refractivity contribution in [1.29, 1.82) is 0 Å². The topological polar surface area (TPSA) is 38.5 Å². The number of rotatable bonds is 6. The van der Waals surface area contributed by atoms with Gasteiger partial charge in [-0.2, -0.15) is 0 Å². The lowest BCUT2D eigenvalue weighted by Crippen LogP contribution is -2.34. The van der Waals surface area contributed by atoms with Crippen molar-refractivity contribution < 1.29 is 4.74 Å². The molecular formula is C16H25BrN2O. The number of methoxy groups -OCH3 is 1. The number of likely N-dealkylation sites (N-methyl/N-ethyl adjacent to an activating group) is 1. The van der Waals surface area contributed by atoms with Crippen LogP contribution in [-0.4, -0.2) is 32.1 Å². The average molecular weight is 341 g/mol. The summed E-state index contributed by atoms with van der Waals surface area (Å²) in [5.41, 5.74) is 7.25. The molecule has 4 heteroatoms. The molecule has 20 heavy (non-hydrogen) atoms. The lowest BCUT2D eigenvalue weighted by Gasteiger charge is -2.30. The maximum absolute atomic E-state index is 6.04. The molecule has 1 atom stereocenters. The Morgan fingerprint density at radius 3 is 2.70 bits per heavy atom. The van der Waals surface area contributed by atoms with Crippen LogP contribution in [0.2, 0.25) is 0 Å².